The van der Waals surface area contributed by atoms with Crippen LogP contribution in [0.3, 0.4) is 0 Å². The topological polar surface area (TPSA) is 135 Å². The van der Waals surface area contributed by atoms with E-state index < -0.39 is 10.0 Å². The molecule has 0 unspecified atom stereocenters. The summed E-state index contributed by atoms with van der Waals surface area (Å²) in [6.07, 6.45) is 4.43. The van der Waals surface area contributed by atoms with Crippen LogP contribution in [-0.4, -0.2) is 85.4 Å². The Morgan fingerprint density at radius 1 is 1.02 bits per heavy atom. The third-order valence-corrected chi connectivity index (χ3v) is 7.85. The highest BCUT2D eigenvalue weighted by atomic mass is 32.2. The summed E-state index contributed by atoms with van der Waals surface area (Å²) >= 11 is 0. The second-order valence-corrected chi connectivity index (χ2v) is 12.5. The molecule has 0 bridgehead atoms. The number of hydrogen-bond acceptors (Lipinski definition) is 9. The van der Waals surface area contributed by atoms with Gasteiger partial charge in [0.05, 0.1) is 26.0 Å². The highest BCUT2D eigenvalue weighted by Crippen LogP contribution is 2.30. The molecule has 1 aliphatic rings. The maximum Gasteiger partial charge on any atom is 0.243 e. The summed E-state index contributed by atoms with van der Waals surface area (Å²) in [6, 6.07) is 15.2. The molecular formula is C31H38N8O4S. The third kappa shape index (κ3) is 7.59. The number of anilines is 2. The Bertz CT molecular complexity index is 1750. The Labute approximate surface area is 257 Å². The maximum absolute atomic E-state index is 11.7. The van der Waals surface area contributed by atoms with Crippen molar-refractivity contribution in [2.45, 2.75) is 26.6 Å². The van der Waals surface area contributed by atoms with Crippen molar-refractivity contribution in [2.24, 2.45) is 0 Å². The Morgan fingerprint density at radius 2 is 1.73 bits per heavy atom. The summed E-state index contributed by atoms with van der Waals surface area (Å²) in [5.41, 5.74) is 4.87. The highest BCUT2D eigenvalue weighted by Gasteiger charge is 2.23. The fourth-order valence-electron chi connectivity index (χ4n) is 5.11. The molecule has 2 aromatic heterocycles. The first-order valence-corrected chi connectivity index (χ1v) is 16.4. The van der Waals surface area contributed by atoms with Gasteiger partial charge in [-0.15, -0.1) is 0 Å². The second kappa shape index (κ2) is 13.5. The van der Waals surface area contributed by atoms with Crippen molar-refractivity contribution in [1.82, 2.24) is 29.7 Å². The van der Waals surface area contributed by atoms with Crippen molar-refractivity contribution in [3.63, 3.8) is 0 Å². The van der Waals surface area contributed by atoms with Crippen LogP contribution in [0, 0.1) is 0 Å². The van der Waals surface area contributed by atoms with E-state index in [1.807, 2.05) is 24.3 Å². The van der Waals surface area contributed by atoms with Crippen molar-refractivity contribution in [3.8, 4) is 11.4 Å². The van der Waals surface area contributed by atoms with Gasteiger partial charge in [-0.1, -0.05) is 24.3 Å². The van der Waals surface area contributed by atoms with Gasteiger partial charge in [-0.05, 0) is 55.4 Å². The molecule has 0 radical (unpaired) electrons. The molecule has 0 saturated carbocycles. The van der Waals surface area contributed by atoms with E-state index in [1.54, 1.807) is 25.3 Å². The van der Waals surface area contributed by atoms with Gasteiger partial charge >= 0.3 is 0 Å². The van der Waals surface area contributed by atoms with E-state index in [2.05, 4.69) is 50.5 Å². The number of rotatable bonds is 11. The largest absolute Gasteiger partial charge is 0.378 e. The van der Waals surface area contributed by atoms with Gasteiger partial charge in [-0.25, -0.2) is 23.4 Å². The molecule has 1 fully saturated rings. The molecule has 0 aliphatic carbocycles. The molecular weight excluding hydrogens is 580 g/mol. The van der Waals surface area contributed by atoms with Crippen molar-refractivity contribution < 1.29 is 17.9 Å². The zero-order chi connectivity index (χ0) is 31.3. The van der Waals surface area contributed by atoms with Crippen LogP contribution in [0.1, 0.15) is 23.9 Å². The van der Waals surface area contributed by atoms with Crippen molar-refractivity contribution >= 4 is 44.7 Å². The smallest absolute Gasteiger partial charge is 0.243 e. The van der Waals surface area contributed by atoms with E-state index in [0.717, 1.165) is 45.8 Å². The van der Waals surface area contributed by atoms with E-state index in [0.29, 0.717) is 57.4 Å². The highest BCUT2D eigenvalue weighted by molar-refractivity contribution is 7.92. The molecule has 5 rings (SSSR count). The van der Waals surface area contributed by atoms with E-state index in [1.165, 1.54) is 6.08 Å². The summed E-state index contributed by atoms with van der Waals surface area (Å²) in [4.78, 5) is 30.9. The standard InChI is InChI=1S/C31H38N8O4S/c1-5-39-26(21-37(3)20-23-8-6-22(7-9-23)10-15-27(40)32-2)33-28-30(38-16-18-43-19-17-38)34-29(35-31(28)39)24-11-13-25(14-12-24)36-44(4,41)42/h6-15,36H,5,16-21H2,1-4H3,(H,32,40)/b15-10+. The molecule has 2 aromatic carbocycles. The minimum Gasteiger partial charge on any atom is -0.378 e. The first-order chi connectivity index (χ1) is 21.1. The number of hydrogen-bond donors (Lipinski definition) is 2. The SMILES string of the molecule is CCn1c(CN(C)Cc2ccc(/C=C/C(=O)NC)cc2)nc2c(N3CCOCC3)nc(-c3ccc(NS(C)(=O)=O)cc3)nc21. The molecule has 0 spiro atoms. The lowest BCUT2D eigenvalue weighted by atomic mass is 10.1. The first kappa shape index (κ1) is 31.1. The number of imidazole rings is 1. The van der Waals surface area contributed by atoms with Gasteiger partial charge in [0, 0.05) is 50.6 Å². The first-order valence-electron chi connectivity index (χ1n) is 14.5. The number of carbonyl (C=O) groups is 1. The number of nitrogens with one attached hydrogen (secondary N) is 2. The number of likely N-dealkylation sites (N-methyl/N-ethyl adjacent to an activating group) is 1. The van der Waals surface area contributed by atoms with E-state index in [9.17, 15) is 13.2 Å². The summed E-state index contributed by atoms with van der Waals surface area (Å²) in [5, 5.41) is 2.58. The van der Waals surface area contributed by atoms with Crippen LogP contribution in [0.4, 0.5) is 11.5 Å². The zero-order valence-corrected chi connectivity index (χ0v) is 26.3. The molecule has 3 heterocycles. The van der Waals surface area contributed by atoms with Gasteiger partial charge in [0.2, 0.25) is 15.9 Å². The average molecular weight is 619 g/mol. The minimum absolute atomic E-state index is 0.138. The van der Waals surface area contributed by atoms with Gasteiger partial charge in [0.15, 0.2) is 22.8 Å². The second-order valence-electron chi connectivity index (χ2n) is 10.7. The van der Waals surface area contributed by atoms with E-state index in [4.69, 9.17) is 19.7 Å². The molecule has 1 aliphatic heterocycles. The quantitative estimate of drug-likeness (QED) is 0.243. The molecule has 1 amide bonds. The van der Waals surface area contributed by atoms with Crippen LogP contribution in [0.2, 0.25) is 0 Å². The van der Waals surface area contributed by atoms with Crippen molar-refractivity contribution in [2.75, 3.05) is 56.3 Å². The summed E-state index contributed by atoms with van der Waals surface area (Å²) in [7, 11) is 0.286. The molecule has 44 heavy (non-hydrogen) atoms. The fraction of sp³-hybridized carbons (Fsp3) is 0.355. The van der Waals surface area contributed by atoms with Crippen molar-refractivity contribution in [1.29, 1.82) is 0 Å². The lowest BCUT2D eigenvalue weighted by molar-refractivity contribution is -0.115. The van der Waals surface area contributed by atoms with Gasteiger partial charge in [0.25, 0.3) is 0 Å². The van der Waals surface area contributed by atoms with Crippen LogP contribution in [0.15, 0.2) is 54.6 Å². The van der Waals surface area contributed by atoms with Crippen LogP contribution in [0.5, 0.6) is 0 Å². The molecule has 0 atom stereocenters. The zero-order valence-electron chi connectivity index (χ0n) is 25.4. The number of morpholine rings is 1. The number of sulfonamides is 1. The number of aryl methyl sites for hydroxylation is 1. The molecule has 2 N–H and O–H groups in total. The Balaban J connectivity index is 1.44. The van der Waals surface area contributed by atoms with Crippen LogP contribution < -0.4 is 14.9 Å². The van der Waals surface area contributed by atoms with Crippen LogP contribution in [0.25, 0.3) is 28.6 Å². The third-order valence-electron chi connectivity index (χ3n) is 7.25. The number of amides is 1. The van der Waals surface area contributed by atoms with E-state index >= 15 is 0 Å². The predicted octanol–water partition coefficient (Wildman–Crippen LogP) is 3.11. The molecule has 4 aromatic rings. The van der Waals surface area contributed by atoms with Crippen LogP contribution in [-0.2, 0) is 39.2 Å². The maximum atomic E-state index is 11.7. The van der Waals surface area contributed by atoms with Crippen LogP contribution >= 0.6 is 0 Å². The summed E-state index contributed by atoms with van der Waals surface area (Å²) < 4.78 is 33.6. The number of carbonyl (C=O) groups excluding carboxylic acids is 1. The van der Waals surface area contributed by atoms with E-state index in [-0.39, 0.29) is 5.91 Å². The number of nitrogens with zero attached hydrogens (tertiary/aromatic N) is 6. The molecule has 13 heteroatoms. The Kier molecular flexibility index (Phi) is 9.57. The summed E-state index contributed by atoms with van der Waals surface area (Å²) in [6.45, 7) is 6.70. The van der Waals surface area contributed by atoms with Gasteiger partial charge in [-0.3, -0.25) is 14.4 Å². The molecule has 1 saturated heterocycles. The minimum atomic E-state index is -3.38. The normalized spacial score (nSPS) is 14.1. The van der Waals surface area contributed by atoms with Gasteiger partial charge in [-0.2, -0.15) is 0 Å². The summed E-state index contributed by atoms with van der Waals surface area (Å²) in [5.74, 6) is 2.07. The number of ether oxygens (including phenoxy) is 1. The lowest BCUT2D eigenvalue weighted by Crippen LogP contribution is -2.37. The van der Waals surface area contributed by atoms with Gasteiger partial charge < -0.3 is 19.5 Å². The average Bonchev–Trinajstić information content (AvgIpc) is 3.36. The van der Waals surface area contributed by atoms with Crippen molar-refractivity contribution in [3.05, 3.63) is 71.6 Å². The van der Waals surface area contributed by atoms with Gasteiger partial charge in [0.1, 0.15) is 5.82 Å². The number of benzene rings is 2. The Hall–Kier alpha value is -4.33. The number of fused-ring (bicyclic) bond motifs is 1. The monoisotopic (exact) mass is 618 g/mol. The number of aromatic nitrogens is 4. The Morgan fingerprint density at radius 3 is 2.36 bits per heavy atom. The fourth-order valence-corrected chi connectivity index (χ4v) is 5.67. The predicted molar refractivity (Wildman–Crippen MR) is 173 cm³/mol. The lowest BCUT2D eigenvalue weighted by Gasteiger charge is -2.28. The molecule has 12 nitrogen and oxygen atoms in total. The molecule has 232 valence electrons.